The molecule has 2 N–H and O–H groups in total. The summed E-state index contributed by atoms with van der Waals surface area (Å²) in [6.07, 6.45) is 8.07. The lowest BCUT2D eigenvalue weighted by atomic mass is 9.65. The van der Waals surface area contributed by atoms with Crippen LogP contribution in [0.5, 0.6) is 0 Å². The van der Waals surface area contributed by atoms with Crippen LogP contribution in [0.3, 0.4) is 0 Å². The van der Waals surface area contributed by atoms with Gasteiger partial charge in [-0.25, -0.2) is 4.98 Å². The first kappa shape index (κ1) is 23.2. The Bertz CT molecular complexity index is 1580. The predicted octanol–water partition coefficient (Wildman–Crippen LogP) is 4.74. The molecule has 7 nitrogen and oxygen atoms in total. The first-order valence-electron chi connectivity index (χ1n) is 12.7. The third kappa shape index (κ3) is 4.31. The lowest BCUT2D eigenvalue weighted by molar-refractivity contribution is -0.154. The van der Waals surface area contributed by atoms with Gasteiger partial charge >= 0.3 is 5.97 Å². The fourth-order valence-electron chi connectivity index (χ4n) is 5.12. The van der Waals surface area contributed by atoms with E-state index in [0.717, 1.165) is 54.5 Å². The summed E-state index contributed by atoms with van der Waals surface area (Å²) >= 11 is 0. The molecule has 2 aliphatic carbocycles. The van der Waals surface area contributed by atoms with E-state index < -0.39 is 11.4 Å². The number of fused-ring (bicyclic) bond motifs is 1. The summed E-state index contributed by atoms with van der Waals surface area (Å²) in [5, 5.41) is 13.0. The van der Waals surface area contributed by atoms with Crippen LogP contribution in [0.1, 0.15) is 48.0 Å². The molecular weight excluding hydrogens is 466 g/mol. The monoisotopic (exact) mass is 493 g/mol. The van der Waals surface area contributed by atoms with Crippen molar-refractivity contribution in [2.24, 2.45) is 5.41 Å². The fraction of sp³-hybridized carbons (Fsp3) is 0.267. The largest absolute Gasteiger partial charge is 0.481 e. The van der Waals surface area contributed by atoms with Crippen LogP contribution in [0.4, 0.5) is 0 Å². The zero-order valence-corrected chi connectivity index (χ0v) is 20.3. The number of rotatable bonds is 7. The topological polar surface area (TPSA) is 101 Å². The molecule has 0 spiro atoms. The van der Waals surface area contributed by atoms with E-state index in [-0.39, 0.29) is 22.9 Å². The second kappa shape index (κ2) is 9.00. The van der Waals surface area contributed by atoms with E-state index in [2.05, 4.69) is 10.3 Å². The van der Waals surface area contributed by atoms with Gasteiger partial charge in [-0.3, -0.25) is 14.4 Å². The fourth-order valence-corrected chi connectivity index (χ4v) is 5.12. The van der Waals surface area contributed by atoms with Crippen molar-refractivity contribution in [1.82, 2.24) is 14.9 Å². The van der Waals surface area contributed by atoms with E-state index in [1.807, 2.05) is 48.5 Å². The molecule has 2 heterocycles. The van der Waals surface area contributed by atoms with Gasteiger partial charge in [0.25, 0.3) is 5.91 Å². The number of amides is 1. The summed E-state index contributed by atoms with van der Waals surface area (Å²) in [5.41, 5.74) is 3.40. The van der Waals surface area contributed by atoms with Crippen LogP contribution < -0.4 is 10.7 Å². The van der Waals surface area contributed by atoms with E-state index in [1.165, 1.54) is 0 Å². The van der Waals surface area contributed by atoms with Crippen molar-refractivity contribution in [2.45, 2.75) is 44.6 Å². The molecule has 4 aromatic rings. The van der Waals surface area contributed by atoms with Gasteiger partial charge in [-0.15, -0.1) is 0 Å². The van der Waals surface area contributed by atoms with E-state index in [9.17, 15) is 19.5 Å². The predicted molar refractivity (Wildman–Crippen MR) is 141 cm³/mol. The Morgan fingerprint density at radius 2 is 1.81 bits per heavy atom. The maximum atomic E-state index is 13.1. The van der Waals surface area contributed by atoms with Crippen LogP contribution in [-0.4, -0.2) is 32.6 Å². The van der Waals surface area contributed by atoms with Crippen molar-refractivity contribution in [3.05, 3.63) is 94.4 Å². The normalized spacial score (nSPS) is 16.2. The summed E-state index contributed by atoms with van der Waals surface area (Å²) in [6.45, 7) is 0. The molecule has 0 unspecified atom stereocenters. The number of carboxylic acid groups (broad SMARTS) is 1. The van der Waals surface area contributed by atoms with Crippen molar-refractivity contribution in [3.8, 4) is 16.8 Å². The third-order valence-electron chi connectivity index (χ3n) is 7.64. The van der Waals surface area contributed by atoms with E-state index >= 15 is 0 Å². The average Bonchev–Trinajstić information content (AvgIpc) is 3.71. The number of hydrogen-bond acceptors (Lipinski definition) is 4. The molecule has 2 aromatic heterocycles. The van der Waals surface area contributed by atoms with Crippen molar-refractivity contribution in [3.63, 3.8) is 0 Å². The number of nitrogens with zero attached hydrogens (tertiary/aromatic N) is 2. The van der Waals surface area contributed by atoms with Crippen molar-refractivity contribution in [2.75, 3.05) is 0 Å². The van der Waals surface area contributed by atoms with Crippen molar-refractivity contribution < 1.29 is 14.7 Å². The van der Waals surface area contributed by atoms with Crippen LogP contribution >= 0.6 is 0 Å². The Balaban J connectivity index is 1.35. The number of pyridine rings is 2. The summed E-state index contributed by atoms with van der Waals surface area (Å²) in [6, 6.07) is 19.4. The average molecular weight is 494 g/mol. The van der Waals surface area contributed by atoms with Gasteiger partial charge < -0.3 is 15.0 Å². The molecule has 2 fully saturated rings. The second-order valence-electron chi connectivity index (χ2n) is 10.2. The third-order valence-corrected chi connectivity index (χ3v) is 7.64. The van der Waals surface area contributed by atoms with E-state index in [1.54, 1.807) is 29.1 Å². The van der Waals surface area contributed by atoms with Gasteiger partial charge in [-0.2, -0.15) is 0 Å². The molecule has 0 bridgehead atoms. The Morgan fingerprint density at radius 3 is 2.49 bits per heavy atom. The first-order chi connectivity index (χ1) is 17.9. The molecule has 0 saturated heterocycles. The highest BCUT2D eigenvalue weighted by Crippen LogP contribution is 2.44. The van der Waals surface area contributed by atoms with E-state index in [4.69, 9.17) is 0 Å². The number of carbonyl (C=O) groups excluding carboxylic acids is 1. The molecule has 2 aromatic carbocycles. The Kier molecular flexibility index (Phi) is 5.63. The van der Waals surface area contributed by atoms with Crippen molar-refractivity contribution >= 4 is 22.9 Å². The highest BCUT2D eigenvalue weighted by molar-refractivity contribution is 5.97. The molecule has 6 rings (SSSR count). The van der Waals surface area contributed by atoms with Gasteiger partial charge in [0, 0.05) is 24.1 Å². The lowest BCUT2D eigenvalue weighted by Crippen LogP contribution is -2.39. The highest BCUT2D eigenvalue weighted by Gasteiger charge is 2.44. The van der Waals surface area contributed by atoms with Gasteiger partial charge in [0.15, 0.2) is 0 Å². The smallest absolute Gasteiger partial charge is 0.309 e. The maximum Gasteiger partial charge on any atom is 0.309 e. The molecule has 0 atom stereocenters. The second-order valence-corrected chi connectivity index (χ2v) is 10.2. The Hall–Kier alpha value is -4.26. The van der Waals surface area contributed by atoms with Gasteiger partial charge in [-0.1, -0.05) is 42.8 Å². The van der Waals surface area contributed by atoms with Gasteiger partial charge in [0.2, 0.25) is 5.43 Å². The maximum absolute atomic E-state index is 13.1. The molecule has 2 saturated carbocycles. The Labute approximate surface area is 213 Å². The van der Waals surface area contributed by atoms with E-state index in [0.29, 0.717) is 17.5 Å². The molecule has 2 aliphatic rings. The number of benzene rings is 2. The van der Waals surface area contributed by atoms with Crippen LogP contribution in [0, 0.1) is 5.41 Å². The molecule has 0 radical (unpaired) electrons. The lowest BCUT2D eigenvalue weighted by Gasteiger charge is -2.37. The van der Waals surface area contributed by atoms with Crippen LogP contribution in [-0.2, 0) is 11.2 Å². The zero-order valence-electron chi connectivity index (χ0n) is 20.3. The number of nitrogens with one attached hydrogen (secondary N) is 1. The summed E-state index contributed by atoms with van der Waals surface area (Å²) < 4.78 is 1.80. The minimum atomic E-state index is -0.706. The minimum absolute atomic E-state index is 0.102. The quantitative estimate of drug-likeness (QED) is 0.387. The molecule has 1 amide bonds. The first-order valence-corrected chi connectivity index (χ1v) is 12.7. The summed E-state index contributed by atoms with van der Waals surface area (Å²) in [5.74, 6) is -1.06. The standard InChI is InChI=1S/C30H27N3O4/c34-26-24-6-2-15-31-27(24)33(18-25(26)28(35)32-22-11-12-22)23-5-1-4-21(16-23)20-9-7-19(8-10-20)17-30(29(36)37)13-3-14-30/h1-2,4-10,15-16,18,22H,3,11-14,17H2,(H,32,35)(H,36,37). The van der Waals surface area contributed by atoms with Crippen LogP contribution in [0.25, 0.3) is 27.8 Å². The van der Waals surface area contributed by atoms with Gasteiger partial charge in [0.05, 0.1) is 10.8 Å². The summed E-state index contributed by atoms with van der Waals surface area (Å²) in [4.78, 5) is 42.1. The van der Waals surface area contributed by atoms with Crippen LogP contribution in [0.15, 0.2) is 77.9 Å². The summed E-state index contributed by atoms with van der Waals surface area (Å²) in [7, 11) is 0. The zero-order chi connectivity index (χ0) is 25.6. The van der Waals surface area contributed by atoms with Gasteiger partial charge in [-0.05, 0) is 73.1 Å². The van der Waals surface area contributed by atoms with Crippen LogP contribution in [0.2, 0.25) is 0 Å². The molecular formula is C30H27N3O4. The highest BCUT2D eigenvalue weighted by atomic mass is 16.4. The number of carbonyl (C=O) groups is 2. The number of carboxylic acids is 1. The molecule has 37 heavy (non-hydrogen) atoms. The number of hydrogen-bond donors (Lipinski definition) is 2. The molecule has 0 aliphatic heterocycles. The number of aromatic nitrogens is 2. The Morgan fingerprint density at radius 1 is 1.03 bits per heavy atom. The minimum Gasteiger partial charge on any atom is -0.481 e. The molecule has 186 valence electrons. The van der Waals surface area contributed by atoms with Gasteiger partial charge in [0.1, 0.15) is 11.2 Å². The molecule has 7 heteroatoms. The number of aliphatic carboxylic acids is 1. The van der Waals surface area contributed by atoms with Crippen molar-refractivity contribution in [1.29, 1.82) is 0 Å². The SMILES string of the molecule is O=C(NC1CC1)c1cn(-c2cccc(-c3ccc(CC4(C(=O)O)CCC4)cc3)c2)c2ncccc2c1=O.